The van der Waals surface area contributed by atoms with Gasteiger partial charge in [-0.3, -0.25) is 9.59 Å². The van der Waals surface area contributed by atoms with Crippen LogP contribution in [0.3, 0.4) is 0 Å². The van der Waals surface area contributed by atoms with Gasteiger partial charge in [0.1, 0.15) is 10.8 Å². The van der Waals surface area contributed by atoms with Crippen molar-refractivity contribution < 1.29 is 14.3 Å². The number of rotatable bonds is 5. The molecule has 0 fully saturated rings. The van der Waals surface area contributed by atoms with Gasteiger partial charge in [-0.1, -0.05) is 36.7 Å². The predicted octanol–water partition coefficient (Wildman–Crippen LogP) is 7.17. The number of hydrogen-bond donors (Lipinski definition) is 2. The average molecular weight is 542 g/mol. The van der Waals surface area contributed by atoms with Gasteiger partial charge >= 0.3 is 0 Å². The van der Waals surface area contributed by atoms with Gasteiger partial charge < -0.3 is 15.4 Å². The molecule has 2 N–H and O–H groups in total. The number of nitrogens with one attached hydrogen (secondary N) is 2. The van der Waals surface area contributed by atoms with Crippen LogP contribution >= 0.6 is 27.3 Å². The SMILES string of the molecule is COc1ccc(NC(=O)c2c(NC(=O)c3ccc(Br)cc3)sc3c2CCC(C(C)(C)C)C3)cc1. The number of anilines is 2. The number of carbonyl (C=O) groups is 2. The topological polar surface area (TPSA) is 67.4 Å². The summed E-state index contributed by atoms with van der Waals surface area (Å²) in [5, 5.41) is 6.64. The third kappa shape index (κ3) is 5.36. The van der Waals surface area contributed by atoms with Gasteiger partial charge in [-0.2, -0.15) is 0 Å². The minimum absolute atomic E-state index is 0.189. The number of halogens is 1. The fraction of sp³-hybridized carbons (Fsp3) is 0.333. The number of hydrogen-bond acceptors (Lipinski definition) is 4. The predicted molar refractivity (Wildman–Crippen MR) is 142 cm³/mol. The Kier molecular flexibility index (Phi) is 7.14. The van der Waals surface area contributed by atoms with Crippen LogP contribution in [0.25, 0.3) is 0 Å². The van der Waals surface area contributed by atoms with E-state index in [1.807, 2.05) is 36.4 Å². The van der Waals surface area contributed by atoms with E-state index in [1.54, 1.807) is 19.2 Å². The highest BCUT2D eigenvalue weighted by Crippen LogP contribution is 2.44. The van der Waals surface area contributed by atoms with Gasteiger partial charge in [0.15, 0.2) is 0 Å². The molecule has 1 heterocycles. The van der Waals surface area contributed by atoms with Crippen molar-refractivity contribution in [2.45, 2.75) is 40.0 Å². The Morgan fingerprint density at radius 3 is 2.29 bits per heavy atom. The van der Waals surface area contributed by atoms with Crippen LogP contribution in [-0.2, 0) is 12.8 Å². The molecular formula is C27H29BrN2O3S. The molecule has 3 aromatic rings. The summed E-state index contributed by atoms with van der Waals surface area (Å²) in [4.78, 5) is 27.7. The third-order valence-corrected chi connectivity index (χ3v) is 8.10. The van der Waals surface area contributed by atoms with Crippen molar-refractivity contribution in [3.8, 4) is 5.75 Å². The molecule has 2 aromatic carbocycles. The highest BCUT2D eigenvalue weighted by Gasteiger charge is 2.34. The van der Waals surface area contributed by atoms with Gasteiger partial charge in [0.2, 0.25) is 0 Å². The minimum Gasteiger partial charge on any atom is -0.497 e. The second-order valence-electron chi connectivity index (χ2n) is 9.66. The van der Waals surface area contributed by atoms with Crippen LogP contribution in [0.15, 0.2) is 53.0 Å². The zero-order valence-corrected chi connectivity index (χ0v) is 22.2. The molecule has 0 spiro atoms. The molecule has 0 saturated heterocycles. The Morgan fingerprint density at radius 1 is 1.00 bits per heavy atom. The molecule has 0 aliphatic heterocycles. The summed E-state index contributed by atoms with van der Waals surface area (Å²) in [6.07, 6.45) is 2.77. The maximum atomic E-state index is 13.5. The molecule has 1 aliphatic carbocycles. The Hall–Kier alpha value is -2.64. The largest absolute Gasteiger partial charge is 0.497 e. The zero-order valence-electron chi connectivity index (χ0n) is 19.8. The summed E-state index contributed by atoms with van der Waals surface area (Å²) in [5.74, 6) is 0.827. The van der Waals surface area contributed by atoms with Crippen LogP contribution in [0.4, 0.5) is 10.7 Å². The van der Waals surface area contributed by atoms with Gasteiger partial charge in [0.05, 0.1) is 12.7 Å². The summed E-state index contributed by atoms with van der Waals surface area (Å²) in [6, 6.07) is 14.4. The Labute approximate surface area is 213 Å². The van der Waals surface area contributed by atoms with Crippen molar-refractivity contribution in [1.29, 1.82) is 0 Å². The first-order valence-corrected chi connectivity index (χ1v) is 12.9. The van der Waals surface area contributed by atoms with E-state index in [0.717, 1.165) is 35.0 Å². The molecule has 0 bridgehead atoms. The first kappa shape index (κ1) is 24.5. The fourth-order valence-corrected chi connectivity index (χ4v) is 5.88. The lowest BCUT2D eigenvalue weighted by molar-refractivity contribution is 0.102. The van der Waals surface area contributed by atoms with Gasteiger partial charge in [0.25, 0.3) is 11.8 Å². The summed E-state index contributed by atoms with van der Waals surface area (Å²) in [7, 11) is 1.61. The summed E-state index contributed by atoms with van der Waals surface area (Å²) < 4.78 is 6.11. The molecule has 1 unspecified atom stereocenters. The molecule has 2 amide bonds. The number of amides is 2. The van der Waals surface area contributed by atoms with Crippen molar-refractivity contribution >= 4 is 49.8 Å². The number of thiophene rings is 1. The molecule has 5 nitrogen and oxygen atoms in total. The molecule has 1 aromatic heterocycles. The van der Waals surface area contributed by atoms with E-state index < -0.39 is 0 Å². The van der Waals surface area contributed by atoms with E-state index >= 15 is 0 Å². The summed E-state index contributed by atoms with van der Waals surface area (Å²) in [6.45, 7) is 6.80. The van der Waals surface area contributed by atoms with E-state index in [-0.39, 0.29) is 17.2 Å². The van der Waals surface area contributed by atoms with Crippen LogP contribution in [0.5, 0.6) is 5.75 Å². The molecule has 1 atom stereocenters. The summed E-state index contributed by atoms with van der Waals surface area (Å²) in [5.41, 5.74) is 3.05. The van der Waals surface area contributed by atoms with Crippen molar-refractivity contribution in [3.05, 3.63) is 74.6 Å². The summed E-state index contributed by atoms with van der Waals surface area (Å²) >= 11 is 4.93. The Balaban J connectivity index is 1.66. The fourth-order valence-electron chi connectivity index (χ4n) is 4.30. The standard InChI is InChI=1S/C27H29BrN2O3S/c1-27(2,3)17-7-14-21-22(15-17)34-26(30-24(31)16-5-8-18(28)9-6-16)23(21)25(32)29-19-10-12-20(33-4)13-11-19/h5-6,8-13,17H,7,14-15H2,1-4H3,(H,29,32)(H,30,31). The monoisotopic (exact) mass is 540 g/mol. The quantitative estimate of drug-likeness (QED) is 0.360. The normalized spacial score (nSPS) is 15.4. The van der Waals surface area contributed by atoms with E-state index in [1.165, 1.54) is 16.2 Å². The number of fused-ring (bicyclic) bond motifs is 1. The molecular weight excluding hydrogens is 512 g/mol. The van der Waals surface area contributed by atoms with Crippen LogP contribution in [-0.4, -0.2) is 18.9 Å². The van der Waals surface area contributed by atoms with Gasteiger partial charge in [-0.05, 0) is 84.7 Å². The molecule has 0 radical (unpaired) electrons. The van der Waals surface area contributed by atoms with E-state index in [2.05, 4.69) is 47.3 Å². The van der Waals surface area contributed by atoms with Gasteiger partial charge in [-0.25, -0.2) is 0 Å². The average Bonchev–Trinajstić information content (AvgIpc) is 3.16. The number of benzene rings is 2. The molecule has 7 heteroatoms. The highest BCUT2D eigenvalue weighted by atomic mass is 79.9. The van der Waals surface area contributed by atoms with Gasteiger partial charge in [-0.15, -0.1) is 11.3 Å². The van der Waals surface area contributed by atoms with E-state index in [9.17, 15) is 9.59 Å². The van der Waals surface area contributed by atoms with Crippen molar-refractivity contribution in [3.63, 3.8) is 0 Å². The van der Waals surface area contributed by atoms with Crippen molar-refractivity contribution in [2.24, 2.45) is 11.3 Å². The Bertz CT molecular complexity index is 1190. The lowest BCUT2D eigenvalue weighted by atomic mass is 9.72. The zero-order chi connectivity index (χ0) is 24.5. The number of ether oxygens (including phenoxy) is 1. The van der Waals surface area contributed by atoms with Gasteiger partial charge in [0, 0.05) is 20.6 Å². The van der Waals surface area contributed by atoms with Crippen LogP contribution in [0, 0.1) is 11.3 Å². The minimum atomic E-state index is -0.225. The number of carbonyl (C=O) groups excluding carboxylic acids is 2. The maximum absolute atomic E-state index is 13.5. The molecule has 0 saturated carbocycles. The molecule has 4 rings (SSSR count). The van der Waals surface area contributed by atoms with Crippen molar-refractivity contribution in [1.82, 2.24) is 0 Å². The number of methoxy groups -OCH3 is 1. The van der Waals surface area contributed by atoms with Crippen molar-refractivity contribution in [2.75, 3.05) is 17.7 Å². The highest BCUT2D eigenvalue weighted by molar-refractivity contribution is 9.10. The molecule has 1 aliphatic rings. The van der Waals surface area contributed by atoms with E-state index in [0.29, 0.717) is 27.7 Å². The molecule has 178 valence electrons. The van der Waals surface area contributed by atoms with E-state index in [4.69, 9.17) is 4.74 Å². The van der Waals surface area contributed by atoms with Crippen LogP contribution in [0.2, 0.25) is 0 Å². The third-order valence-electron chi connectivity index (χ3n) is 6.40. The Morgan fingerprint density at radius 2 is 1.68 bits per heavy atom. The lowest BCUT2D eigenvalue weighted by Crippen LogP contribution is -2.27. The smallest absolute Gasteiger partial charge is 0.258 e. The maximum Gasteiger partial charge on any atom is 0.258 e. The van der Waals surface area contributed by atoms with Crippen LogP contribution in [0.1, 0.15) is 58.3 Å². The molecule has 34 heavy (non-hydrogen) atoms. The first-order valence-electron chi connectivity index (χ1n) is 11.3. The second kappa shape index (κ2) is 9.92. The van der Waals surface area contributed by atoms with Crippen LogP contribution < -0.4 is 15.4 Å². The first-order chi connectivity index (χ1) is 16.2. The second-order valence-corrected chi connectivity index (χ2v) is 11.7. The lowest BCUT2D eigenvalue weighted by Gasteiger charge is -2.33.